The number of hydrogen-bond donors (Lipinski definition) is 0. The van der Waals surface area contributed by atoms with E-state index < -0.39 is 11.9 Å². The fraction of sp³-hybridized carbons (Fsp3) is 0.500. The van der Waals surface area contributed by atoms with Crippen molar-refractivity contribution in [2.24, 2.45) is 10.8 Å². The summed E-state index contributed by atoms with van der Waals surface area (Å²) in [7, 11) is 1.28. The molecule has 0 aromatic heterocycles. The number of carbonyl (C=O) groups is 2. The van der Waals surface area contributed by atoms with Crippen LogP contribution in [0, 0.1) is 10.8 Å². The molecule has 0 fully saturated rings. The van der Waals surface area contributed by atoms with Crippen molar-refractivity contribution in [2.45, 2.75) is 54.1 Å². The third-order valence-electron chi connectivity index (χ3n) is 3.83. The van der Waals surface area contributed by atoms with Crippen molar-refractivity contribution < 1.29 is 19.1 Å². The van der Waals surface area contributed by atoms with Gasteiger partial charge in [0.2, 0.25) is 0 Å². The van der Waals surface area contributed by atoms with Gasteiger partial charge in [-0.2, -0.15) is 0 Å². The van der Waals surface area contributed by atoms with Gasteiger partial charge in [0.05, 0.1) is 18.8 Å². The molecule has 1 rings (SSSR count). The number of carbonyl (C=O) groups excluding carboxylic acids is 2. The van der Waals surface area contributed by atoms with Crippen LogP contribution in [0.1, 0.15) is 47.1 Å². The molecule has 0 N–H and O–H groups in total. The lowest BCUT2D eigenvalue weighted by Crippen LogP contribution is -2.42. The third-order valence-corrected chi connectivity index (χ3v) is 3.83. The van der Waals surface area contributed by atoms with Crippen LogP contribution in [0.3, 0.4) is 0 Å². The zero-order valence-corrected chi connectivity index (χ0v) is 16.9. The van der Waals surface area contributed by atoms with Crippen LogP contribution in [-0.4, -0.2) is 25.2 Å². The highest BCUT2D eigenvalue weighted by Gasteiger charge is 2.38. The van der Waals surface area contributed by atoms with Crippen LogP contribution in [0.15, 0.2) is 47.7 Å². The maximum atomic E-state index is 12.9. The zero-order chi connectivity index (χ0) is 20.0. The molecule has 0 aliphatic rings. The second-order valence-corrected chi connectivity index (χ2v) is 8.47. The van der Waals surface area contributed by atoms with E-state index in [1.807, 2.05) is 71.9 Å². The summed E-state index contributed by atoms with van der Waals surface area (Å²) in [6.07, 6.45) is 1.16. The Bertz CT molecular complexity index is 667. The Labute approximate surface area is 156 Å². The predicted octanol–water partition coefficient (Wildman–Crippen LogP) is 4.49. The van der Waals surface area contributed by atoms with Gasteiger partial charge in [0.25, 0.3) is 0 Å². The molecule has 1 aromatic carbocycles. The molecule has 0 heterocycles. The Balaban J connectivity index is 3.18. The number of methoxy groups -OCH3 is 1. The molecule has 0 bridgehead atoms. The lowest BCUT2D eigenvalue weighted by Gasteiger charge is -2.39. The SMILES string of the molecule is COC(=O)C=C=C(Cc1ccccc1)C(=O)OC(C(C)(C)C)C(C)(C)C. The lowest BCUT2D eigenvalue weighted by atomic mass is 9.74. The zero-order valence-electron chi connectivity index (χ0n) is 16.9. The van der Waals surface area contributed by atoms with E-state index in [-0.39, 0.29) is 16.9 Å². The lowest BCUT2D eigenvalue weighted by molar-refractivity contribution is -0.159. The van der Waals surface area contributed by atoms with Gasteiger partial charge in [-0.3, -0.25) is 0 Å². The van der Waals surface area contributed by atoms with E-state index in [1.54, 1.807) is 0 Å². The highest BCUT2D eigenvalue weighted by Crippen LogP contribution is 2.36. The first-order chi connectivity index (χ1) is 11.9. The highest BCUT2D eigenvalue weighted by molar-refractivity contribution is 5.90. The van der Waals surface area contributed by atoms with Gasteiger partial charge in [0.1, 0.15) is 6.10 Å². The number of hydrogen-bond acceptors (Lipinski definition) is 4. The van der Waals surface area contributed by atoms with Crippen LogP contribution in [0.2, 0.25) is 0 Å². The minimum absolute atomic E-state index is 0.224. The average Bonchev–Trinajstić information content (AvgIpc) is 2.54. The monoisotopic (exact) mass is 358 g/mol. The molecule has 0 aliphatic heterocycles. The summed E-state index contributed by atoms with van der Waals surface area (Å²) >= 11 is 0. The summed E-state index contributed by atoms with van der Waals surface area (Å²) in [4.78, 5) is 24.3. The highest BCUT2D eigenvalue weighted by atomic mass is 16.5. The van der Waals surface area contributed by atoms with Crippen LogP contribution in [0.4, 0.5) is 0 Å². The summed E-state index contributed by atoms with van der Waals surface area (Å²) in [5.74, 6) is -1.03. The largest absolute Gasteiger partial charge is 0.465 e. The maximum Gasteiger partial charge on any atom is 0.342 e. The normalized spacial score (nSPS) is 11.5. The molecule has 142 valence electrons. The Kier molecular flexibility index (Phi) is 7.41. The summed E-state index contributed by atoms with van der Waals surface area (Å²) in [6, 6.07) is 9.53. The van der Waals surface area contributed by atoms with Crippen molar-refractivity contribution in [3.63, 3.8) is 0 Å². The first-order valence-corrected chi connectivity index (χ1v) is 8.73. The minimum atomic E-state index is -0.563. The predicted molar refractivity (Wildman–Crippen MR) is 103 cm³/mol. The van der Waals surface area contributed by atoms with Gasteiger partial charge >= 0.3 is 11.9 Å². The summed E-state index contributed by atoms with van der Waals surface area (Å²) in [6.45, 7) is 12.3. The smallest absolute Gasteiger partial charge is 0.342 e. The first kappa shape index (κ1) is 21.7. The van der Waals surface area contributed by atoms with Crippen LogP contribution in [0.25, 0.3) is 0 Å². The first-order valence-electron chi connectivity index (χ1n) is 8.73. The molecule has 1 aromatic rings. The summed E-state index contributed by atoms with van der Waals surface area (Å²) < 4.78 is 10.5. The fourth-order valence-electron chi connectivity index (χ4n) is 3.02. The van der Waals surface area contributed by atoms with Gasteiger partial charge in [0, 0.05) is 6.42 Å². The Morgan fingerprint density at radius 3 is 2.04 bits per heavy atom. The topological polar surface area (TPSA) is 52.6 Å². The van der Waals surface area contributed by atoms with Crippen molar-refractivity contribution >= 4 is 11.9 Å². The Morgan fingerprint density at radius 1 is 1.04 bits per heavy atom. The molecular weight excluding hydrogens is 328 g/mol. The van der Waals surface area contributed by atoms with Crippen molar-refractivity contribution in [3.05, 3.63) is 53.3 Å². The molecule has 26 heavy (non-hydrogen) atoms. The maximum absolute atomic E-state index is 12.9. The van der Waals surface area contributed by atoms with E-state index >= 15 is 0 Å². The second kappa shape index (κ2) is 8.86. The van der Waals surface area contributed by atoms with Gasteiger partial charge in [-0.1, -0.05) is 71.9 Å². The Morgan fingerprint density at radius 2 is 1.58 bits per heavy atom. The third kappa shape index (κ3) is 6.89. The minimum Gasteiger partial charge on any atom is -0.465 e. The van der Waals surface area contributed by atoms with E-state index in [2.05, 4.69) is 10.5 Å². The van der Waals surface area contributed by atoms with E-state index in [9.17, 15) is 9.59 Å². The molecule has 0 spiro atoms. The molecule has 0 saturated carbocycles. The number of benzene rings is 1. The van der Waals surface area contributed by atoms with Gasteiger partial charge in [0.15, 0.2) is 0 Å². The molecule has 0 amide bonds. The molecule has 0 unspecified atom stereocenters. The summed E-state index contributed by atoms with van der Waals surface area (Å²) in [5, 5.41) is 0. The molecule has 0 saturated heterocycles. The molecule has 4 heteroatoms. The second-order valence-electron chi connectivity index (χ2n) is 8.47. The quantitative estimate of drug-likeness (QED) is 0.442. The van der Waals surface area contributed by atoms with Crippen LogP contribution >= 0.6 is 0 Å². The van der Waals surface area contributed by atoms with Crippen LogP contribution in [0.5, 0.6) is 0 Å². The molecule has 0 aliphatic carbocycles. The number of esters is 2. The van der Waals surface area contributed by atoms with E-state index in [0.717, 1.165) is 11.6 Å². The molecule has 0 atom stereocenters. The fourth-order valence-corrected chi connectivity index (χ4v) is 3.02. The van der Waals surface area contributed by atoms with E-state index in [0.29, 0.717) is 12.0 Å². The molecular formula is C22H30O4. The van der Waals surface area contributed by atoms with Crippen molar-refractivity contribution in [1.82, 2.24) is 0 Å². The van der Waals surface area contributed by atoms with E-state index in [4.69, 9.17) is 4.74 Å². The van der Waals surface area contributed by atoms with Gasteiger partial charge < -0.3 is 9.47 Å². The van der Waals surface area contributed by atoms with Gasteiger partial charge in [-0.05, 0) is 16.4 Å². The van der Waals surface area contributed by atoms with Crippen LogP contribution < -0.4 is 0 Å². The van der Waals surface area contributed by atoms with Crippen molar-refractivity contribution in [1.29, 1.82) is 0 Å². The van der Waals surface area contributed by atoms with Crippen LogP contribution in [-0.2, 0) is 25.5 Å². The standard InChI is InChI=1S/C22H30O4/c1-21(2,3)20(22(4,5)6)26-19(24)17(13-14-18(23)25-7)15-16-11-9-8-10-12-16/h8-12,14,20H,15H2,1-7H3. The van der Waals surface area contributed by atoms with E-state index in [1.165, 1.54) is 7.11 Å². The number of ether oxygens (including phenoxy) is 2. The molecule has 0 radical (unpaired) electrons. The van der Waals surface area contributed by atoms with Crippen molar-refractivity contribution in [2.75, 3.05) is 7.11 Å². The van der Waals surface area contributed by atoms with Gasteiger partial charge in [-0.15, -0.1) is 5.73 Å². The van der Waals surface area contributed by atoms with Gasteiger partial charge in [-0.25, -0.2) is 9.59 Å². The number of rotatable bonds is 5. The molecule has 4 nitrogen and oxygen atoms in total. The Hall–Kier alpha value is -2.32. The van der Waals surface area contributed by atoms with Crippen molar-refractivity contribution in [3.8, 4) is 0 Å². The average molecular weight is 358 g/mol. The summed E-state index contributed by atoms with van der Waals surface area (Å²) in [5.41, 5.74) is 3.55.